The molecular weight excluding hydrogens is 300 g/mol. The Hall–Kier alpha value is -2.44. The number of alkyl halides is 3. The number of benzene rings is 1. The first kappa shape index (κ1) is 15.9. The van der Waals surface area contributed by atoms with E-state index in [0.29, 0.717) is 5.56 Å². The van der Waals surface area contributed by atoms with Crippen molar-refractivity contribution < 1.29 is 22.4 Å². The predicted molar refractivity (Wildman–Crippen MR) is 71.5 cm³/mol. The third kappa shape index (κ3) is 3.60. The Labute approximate surface area is 124 Å². The number of halogens is 4. The minimum atomic E-state index is -4.72. The summed E-state index contributed by atoms with van der Waals surface area (Å²) in [6, 6.07) is 7.07. The fourth-order valence-corrected chi connectivity index (χ4v) is 1.92. The number of nitrogens with one attached hydrogen (secondary N) is 1. The molecule has 0 saturated heterocycles. The minimum absolute atomic E-state index is 0.436. The van der Waals surface area contributed by atoms with E-state index in [2.05, 4.69) is 10.3 Å². The molecule has 1 aromatic heterocycles. The van der Waals surface area contributed by atoms with Gasteiger partial charge in [-0.2, -0.15) is 13.2 Å². The molecule has 1 amide bonds. The van der Waals surface area contributed by atoms with Crippen molar-refractivity contribution in [2.75, 3.05) is 0 Å². The zero-order valence-electron chi connectivity index (χ0n) is 11.5. The molecule has 3 nitrogen and oxygen atoms in total. The Morgan fingerprint density at radius 1 is 1.18 bits per heavy atom. The Balaban J connectivity index is 2.21. The van der Waals surface area contributed by atoms with E-state index in [4.69, 9.17) is 0 Å². The molecule has 0 aliphatic carbocycles. The van der Waals surface area contributed by atoms with Gasteiger partial charge >= 0.3 is 6.18 Å². The van der Waals surface area contributed by atoms with Gasteiger partial charge in [0.1, 0.15) is 5.82 Å². The molecule has 0 saturated carbocycles. The van der Waals surface area contributed by atoms with Crippen molar-refractivity contribution in [3.63, 3.8) is 0 Å². The molecule has 116 valence electrons. The van der Waals surface area contributed by atoms with Gasteiger partial charge in [-0.05, 0) is 36.8 Å². The van der Waals surface area contributed by atoms with Gasteiger partial charge in [0.15, 0.2) is 5.69 Å². The standard InChI is InChI=1S/C15H12F4N2O/c1-9(10-4-6-11(16)7-5-10)21-14(22)12-3-2-8-20-13(12)15(17,18)19/h2-9H,1H3,(H,21,22). The Morgan fingerprint density at radius 3 is 2.41 bits per heavy atom. The molecule has 2 aromatic rings. The quantitative estimate of drug-likeness (QED) is 0.878. The van der Waals surface area contributed by atoms with Gasteiger partial charge in [0.2, 0.25) is 0 Å². The predicted octanol–water partition coefficient (Wildman–Crippen LogP) is 3.73. The van der Waals surface area contributed by atoms with Crippen LogP contribution in [0.5, 0.6) is 0 Å². The molecule has 1 aromatic carbocycles. The van der Waals surface area contributed by atoms with E-state index in [1.807, 2.05) is 0 Å². The smallest absolute Gasteiger partial charge is 0.345 e. The number of rotatable bonds is 3. The first-order valence-electron chi connectivity index (χ1n) is 6.37. The molecule has 1 unspecified atom stereocenters. The maximum atomic E-state index is 12.8. The van der Waals surface area contributed by atoms with Gasteiger partial charge in [0, 0.05) is 6.20 Å². The largest absolute Gasteiger partial charge is 0.434 e. The molecule has 2 rings (SSSR count). The van der Waals surface area contributed by atoms with E-state index in [1.54, 1.807) is 6.92 Å². The van der Waals surface area contributed by atoms with Gasteiger partial charge in [-0.3, -0.25) is 9.78 Å². The lowest BCUT2D eigenvalue weighted by Crippen LogP contribution is -2.29. The monoisotopic (exact) mass is 312 g/mol. The van der Waals surface area contributed by atoms with Crippen LogP contribution < -0.4 is 5.32 Å². The summed E-state index contributed by atoms with van der Waals surface area (Å²) in [5.74, 6) is -1.33. The Morgan fingerprint density at radius 2 is 1.82 bits per heavy atom. The number of carbonyl (C=O) groups is 1. The van der Waals surface area contributed by atoms with Crippen LogP contribution in [0.1, 0.15) is 34.6 Å². The molecule has 0 radical (unpaired) electrons. The van der Waals surface area contributed by atoms with Crippen LogP contribution in [0.15, 0.2) is 42.6 Å². The van der Waals surface area contributed by atoms with Crippen LogP contribution in [-0.4, -0.2) is 10.9 Å². The first-order chi connectivity index (χ1) is 10.3. The van der Waals surface area contributed by atoms with Crippen molar-refractivity contribution in [2.45, 2.75) is 19.1 Å². The summed E-state index contributed by atoms with van der Waals surface area (Å²) in [6.07, 6.45) is -3.74. The lowest BCUT2D eigenvalue weighted by Gasteiger charge is -2.16. The molecule has 1 N–H and O–H groups in total. The van der Waals surface area contributed by atoms with Crippen LogP contribution in [0.2, 0.25) is 0 Å². The summed E-state index contributed by atoms with van der Waals surface area (Å²) in [5.41, 5.74) is -1.21. The zero-order chi connectivity index (χ0) is 16.3. The summed E-state index contributed by atoms with van der Waals surface area (Å²) in [5, 5.41) is 2.44. The molecule has 0 aliphatic rings. The number of carbonyl (C=O) groups excluding carboxylic acids is 1. The number of amides is 1. The summed E-state index contributed by atoms with van der Waals surface area (Å²) in [7, 11) is 0. The number of nitrogens with zero attached hydrogens (tertiary/aromatic N) is 1. The van der Waals surface area contributed by atoms with Crippen LogP contribution >= 0.6 is 0 Å². The van der Waals surface area contributed by atoms with Crippen LogP contribution in [0.25, 0.3) is 0 Å². The number of pyridine rings is 1. The second-order valence-corrected chi connectivity index (χ2v) is 4.64. The number of hydrogen-bond donors (Lipinski definition) is 1. The molecule has 0 fully saturated rings. The van der Waals surface area contributed by atoms with Crippen molar-refractivity contribution in [2.24, 2.45) is 0 Å². The molecule has 22 heavy (non-hydrogen) atoms. The highest BCUT2D eigenvalue weighted by molar-refractivity contribution is 5.95. The fraction of sp³-hybridized carbons (Fsp3) is 0.200. The summed E-state index contributed by atoms with van der Waals surface area (Å²) in [6.45, 7) is 1.59. The Bertz CT molecular complexity index is 668. The lowest BCUT2D eigenvalue weighted by molar-refractivity contribution is -0.141. The van der Waals surface area contributed by atoms with Crippen molar-refractivity contribution in [1.82, 2.24) is 10.3 Å². The van der Waals surface area contributed by atoms with Crippen LogP contribution in [0, 0.1) is 5.82 Å². The van der Waals surface area contributed by atoms with E-state index < -0.39 is 35.2 Å². The normalized spacial score (nSPS) is 12.8. The summed E-state index contributed by atoms with van der Waals surface area (Å²) < 4.78 is 51.3. The Kier molecular flexibility index (Phi) is 4.44. The lowest BCUT2D eigenvalue weighted by atomic mass is 10.1. The van der Waals surface area contributed by atoms with Crippen molar-refractivity contribution in [3.8, 4) is 0 Å². The van der Waals surface area contributed by atoms with Gasteiger partial charge in [-0.1, -0.05) is 12.1 Å². The molecule has 0 bridgehead atoms. The summed E-state index contributed by atoms with van der Waals surface area (Å²) >= 11 is 0. The highest BCUT2D eigenvalue weighted by Crippen LogP contribution is 2.30. The highest BCUT2D eigenvalue weighted by Gasteiger charge is 2.37. The van der Waals surface area contributed by atoms with Crippen molar-refractivity contribution in [1.29, 1.82) is 0 Å². The van der Waals surface area contributed by atoms with Gasteiger partial charge in [-0.15, -0.1) is 0 Å². The minimum Gasteiger partial charge on any atom is -0.345 e. The van der Waals surface area contributed by atoms with E-state index in [-0.39, 0.29) is 0 Å². The third-order valence-electron chi connectivity index (χ3n) is 3.04. The van der Waals surface area contributed by atoms with Crippen LogP contribution in [0.3, 0.4) is 0 Å². The molecule has 1 heterocycles. The fourth-order valence-electron chi connectivity index (χ4n) is 1.92. The average molecular weight is 312 g/mol. The first-order valence-corrected chi connectivity index (χ1v) is 6.37. The second-order valence-electron chi connectivity index (χ2n) is 4.64. The van der Waals surface area contributed by atoms with Gasteiger partial charge < -0.3 is 5.32 Å². The SMILES string of the molecule is CC(NC(=O)c1cccnc1C(F)(F)F)c1ccc(F)cc1. The van der Waals surface area contributed by atoms with Crippen LogP contribution in [-0.2, 0) is 6.18 Å². The van der Waals surface area contributed by atoms with E-state index in [0.717, 1.165) is 12.3 Å². The zero-order valence-corrected chi connectivity index (χ0v) is 11.5. The molecule has 0 spiro atoms. The van der Waals surface area contributed by atoms with E-state index >= 15 is 0 Å². The third-order valence-corrected chi connectivity index (χ3v) is 3.04. The molecule has 1 atom stereocenters. The van der Waals surface area contributed by atoms with Crippen molar-refractivity contribution in [3.05, 3.63) is 65.2 Å². The number of aromatic nitrogens is 1. The topological polar surface area (TPSA) is 42.0 Å². The molecular formula is C15H12F4N2O. The average Bonchev–Trinajstić information content (AvgIpc) is 2.47. The molecule has 7 heteroatoms. The highest BCUT2D eigenvalue weighted by atomic mass is 19.4. The van der Waals surface area contributed by atoms with Crippen LogP contribution in [0.4, 0.5) is 17.6 Å². The van der Waals surface area contributed by atoms with Crippen molar-refractivity contribution >= 4 is 5.91 Å². The maximum absolute atomic E-state index is 12.8. The summed E-state index contributed by atoms with van der Waals surface area (Å²) in [4.78, 5) is 15.3. The van der Waals surface area contributed by atoms with E-state index in [1.165, 1.54) is 30.3 Å². The van der Waals surface area contributed by atoms with Gasteiger partial charge in [0.25, 0.3) is 5.91 Å². The van der Waals surface area contributed by atoms with Gasteiger partial charge in [0.05, 0.1) is 11.6 Å². The maximum Gasteiger partial charge on any atom is 0.434 e. The van der Waals surface area contributed by atoms with Gasteiger partial charge in [-0.25, -0.2) is 4.39 Å². The molecule has 0 aliphatic heterocycles. The van der Waals surface area contributed by atoms with E-state index in [9.17, 15) is 22.4 Å². The number of hydrogen-bond acceptors (Lipinski definition) is 2. The second kappa shape index (κ2) is 6.13.